The zero-order chi connectivity index (χ0) is 23.7. The van der Waals surface area contributed by atoms with Crippen LogP contribution in [0.1, 0.15) is 38.8 Å². The zero-order valence-electron chi connectivity index (χ0n) is 18.1. The molecule has 0 aliphatic carbocycles. The van der Waals surface area contributed by atoms with Gasteiger partial charge in [-0.3, -0.25) is 9.59 Å². The van der Waals surface area contributed by atoms with Gasteiger partial charge < -0.3 is 9.47 Å². The van der Waals surface area contributed by atoms with Gasteiger partial charge in [-0.2, -0.15) is 10.2 Å². The van der Waals surface area contributed by atoms with Crippen molar-refractivity contribution in [2.75, 3.05) is 0 Å². The van der Waals surface area contributed by atoms with Crippen LogP contribution in [-0.2, 0) is 9.59 Å². The molecule has 8 nitrogen and oxygen atoms in total. The smallest absolute Gasteiger partial charge is 0.331 e. The van der Waals surface area contributed by atoms with Crippen molar-refractivity contribution in [1.82, 2.24) is 10.9 Å². The minimum absolute atomic E-state index is 0.0294. The first-order chi connectivity index (χ1) is 15.2. The number of hydrogen-bond acceptors (Lipinski definition) is 6. The molecule has 2 aromatic rings. The van der Waals surface area contributed by atoms with E-state index in [0.717, 1.165) is 8.95 Å². The van der Waals surface area contributed by atoms with Crippen LogP contribution in [0.5, 0.6) is 11.5 Å². The van der Waals surface area contributed by atoms with Crippen molar-refractivity contribution >= 4 is 56.1 Å². The fourth-order valence-electron chi connectivity index (χ4n) is 2.39. The van der Waals surface area contributed by atoms with Crippen LogP contribution >= 0.6 is 31.9 Å². The minimum Gasteiger partial charge on any atom is -0.490 e. The molecule has 0 saturated carbocycles. The van der Waals surface area contributed by atoms with E-state index in [1.165, 1.54) is 12.4 Å². The molecule has 0 aliphatic heterocycles. The van der Waals surface area contributed by atoms with Crippen LogP contribution in [0.3, 0.4) is 0 Å². The van der Waals surface area contributed by atoms with Crippen molar-refractivity contribution < 1.29 is 19.1 Å². The zero-order valence-corrected chi connectivity index (χ0v) is 21.2. The molecular weight excluding hydrogens is 544 g/mol. The van der Waals surface area contributed by atoms with Gasteiger partial charge >= 0.3 is 11.8 Å². The number of carbonyl (C=O) groups excluding carboxylic acids is 2. The van der Waals surface area contributed by atoms with Crippen molar-refractivity contribution in [2.45, 2.75) is 39.9 Å². The van der Waals surface area contributed by atoms with Gasteiger partial charge in [0.1, 0.15) is 11.5 Å². The molecule has 2 rings (SSSR count). The lowest BCUT2D eigenvalue weighted by atomic mass is 10.2. The van der Waals surface area contributed by atoms with Crippen molar-refractivity contribution in [1.29, 1.82) is 0 Å². The highest BCUT2D eigenvalue weighted by molar-refractivity contribution is 9.10. The fraction of sp³-hybridized carbons (Fsp3) is 0.273. The molecule has 0 aliphatic rings. The largest absolute Gasteiger partial charge is 0.490 e. The summed E-state index contributed by atoms with van der Waals surface area (Å²) >= 11 is 6.76. The summed E-state index contributed by atoms with van der Waals surface area (Å²) in [6.07, 6.45) is 2.73. The highest BCUT2D eigenvalue weighted by Crippen LogP contribution is 2.23. The van der Waals surface area contributed by atoms with E-state index in [4.69, 9.17) is 9.47 Å². The molecule has 32 heavy (non-hydrogen) atoms. The summed E-state index contributed by atoms with van der Waals surface area (Å²) in [5, 5.41) is 7.66. The summed E-state index contributed by atoms with van der Waals surface area (Å²) in [6.45, 7) is 7.62. The molecule has 2 N–H and O–H groups in total. The molecule has 0 bridgehead atoms. The van der Waals surface area contributed by atoms with Crippen LogP contribution in [0.2, 0.25) is 0 Å². The van der Waals surface area contributed by atoms with Crippen LogP contribution < -0.4 is 20.3 Å². The molecule has 0 spiro atoms. The predicted molar refractivity (Wildman–Crippen MR) is 131 cm³/mol. The summed E-state index contributed by atoms with van der Waals surface area (Å²) < 4.78 is 13.1. The predicted octanol–water partition coefficient (Wildman–Crippen LogP) is 4.39. The maximum absolute atomic E-state index is 12.0. The molecule has 0 heterocycles. The molecular formula is C22H24Br2N4O4. The molecule has 0 saturated heterocycles. The number of amides is 2. The van der Waals surface area contributed by atoms with Crippen LogP contribution in [0.25, 0.3) is 0 Å². The van der Waals surface area contributed by atoms with Crippen LogP contribution in [0.4, 0.5) is 0 Å². The van der Waals surface area contributed by atoms with Gasteiger partial charge in [-0.1, -0.05) is 31.9 Å². The SMILES string of the molecule is CC(C)Oc1ccc(Br)cc1/C=N/NC(=O)C(=O)N/N=C/c1cc(Br)ccc1OC(C)C. The van der Waals surface area contributed by atoms with E-state index < -0.39 is 11.8 Å². The lowest BCUT2D eigenvalue weighted by molar-refractivity contribution is -0.139. The van der Waals surface area contributed by atoms with E-state index in [9.17, 15) is 9.59 Å². The van der Waals surface area contributed by atoms with Gasteiger partial charge in [0.05, 0.1) is 24.6 Å². The molecule has 0 fully saturated rings. The number of nitrogens with one attached hydrogen (secondary N) is 2. The monoisotopic (exact) mass is 566 g/mol. The van der Waals surface area contributed by atoms with Gasteiger partial charge in [-0.25, -0.2) is 10.9 Å². The first-order valence-corrected chi connectivity index (χ1v) is 11.3. The van der Waals surface area contributed by atoms with Gasteiger partial charge in [0, 0.05) is 20.1 Å². The number of halogens is 2. The van der Waals surface area contributed by atoms with Gasteiger partial charge in [0.25, 0.3) is 0 Å². The second-order valence-corrected chi connectivity index (χ2v) is 8.93. The Morgan fingerprint density at radius 2 is 1.16 bits per heavy atom. The van der Waals surface area contributed by atoms with Crippen molar-refractivity contribution in [3.05, 3.63) is 56.5 Å². The van der Waals surface area contributed by atoms with Crippen molar-refractivity contribution in [2.24, 2.45) is 10.2 Å². The van der Waals surface area contributed by atoms with Gasteiger partial charge in [0.2, 0.25) is 0 Å². The summed E-state index contributed by atoms with van der Waals surface area (Å²) in [4.78, 5) is 24.0. The number of carbonyl (C=O) groups is 2. The maximum atomic E-state index is 12.0. The number of rotatable bonds is 8. The topological polar surface area (TPSA) is 101 Å². The third-order valence-corrected chi connectivity index (χ3v) is 4.60. The van der Waals surface area contributed by atoms with Crippen molar-refractivity contribution in [3.63, 3.8) is 0 Å². The molecule has 0 radical (unpaired) electrons. The number of nitrogens with zero attached hydrogens (tertiary/aromatic N) is 2. The summed E-state index contributed by atoms with van der Waals surface area (Å²) in [5.41, 5.74) is 5.61. The summed E-state index contributed by atoms with van der Waals surface area (Å²) in [5.74, 6) is -0.729. The van der Waals surface area contributed by atoms with Crippen LogP contribution in [-0.4, -0.2) is 36.5 Å². The number of benzene rings is 2. The van der Waals surface area contributed by atoms with Gasteiger partial charge in [0.15, 0.2) is 0 Å². The van der Waals surface area contributed by atoms with E-state index in [1.807, 2.05) is 39.8 Å². The summed E-state index contributed by atoms with van der Waals surface area (Å²) in [7, 11) is 0. The Morgan fingerprint density at radius 1 is 0.781 bits per heavy atom. The third-order valence-electron chi connectivity index (χ3n) is 3.61. The Balaban J connectivity index is 1.98. The van der Waals surface area contributed by atoms with E-state index in [1.54, 1.807) is 24.3 Å². The first kappa shape index (κ1) is 25.5. The van der Waals surface area contributed by atoms with E-state index in [2.05, 4.69) is 52.9 Å². The van der Waals surface area contributed by atoms with E-state index in [-0.39, 0.29) is 12.2 Å². The second-order valence-electron chi connectivity index (χ2n) is 7.10. The first-order valence-electron chi connectivity index (χ1n) is 9.74. The van der Waals surface area contributed by atoms with Gasteiger partial charge in [-0.05, 0) is 64.1 Å². The molecule has 0 aromatic heterocycles. The van der Waals surface area contributed by atoms with Crippen LogP contribution in [0.15, 0.2) is 55.5 Å². The highest BCUT2D eigenvalue weighted by Gasteiger charge is 2.12. The Kier molecular flexibility index (Phi) is 9.86. The Morgan fingerprint density at radius 3 is 1.50 bits per heavy atom. The lowest BCUT2D eigenvalue weighted by Crippen LogP contribution is -2.35. The third kappa shape index (κ3) is 8.43. The minimum atomic E-state index is -0.965. The molecule has 0 atom stereocenters. The molecule has 170 valence electrons. The Hall–Kier alpha value is -2.72. The van der Waals surface area contributed by atoms with E-state index >= 15 is 0 Å². The summed E-state index contributed by atoms with van der Waals surface area (Å²) in [6, 6.07) is 10.8. The maximum Gasteiger partial charge on any atom is 0.331 e. The number of hydrazone groups is 2. The fourth-order valence-corrected chi connectivity index (χ4v) is 3.14. The number of ether oxygens (including phenoxy) is 2. The Labute approximate surface area is 203 Å². The Bertz CT molecular complexity index is 941. The normalized spacial score (nSPS) is 11.4. The molecule has 0 unspecified atom stereocenters. The molecule has 2 aromatic carbocycles. The number of hydrogen-bond donors (Lipinski definition) is 2. The second kappa shape index (κ2) is 12.4. The van der Waals surface area contributed by atoms with E-state index in [0.29, 0.717) is 22.6 Å². The average molecular weight is 568 g/mol. The highest BCUT2D eigenvalue weighted by atomic mass is 79.9. The van der Waals surface area contributed by atoms with Gasteiger partial charge in [-0.15, -0.1) is 0 Å². The molecule has 10 heteroatoms. The lowest BCUT2D eigenvalue weighted by Gasteiger charge is -2.12. The molecule has 2 amide bonds. The quantitative estimate of drug-likeness (QED) is 0.281. The van der Waals surface area contributed by atoms with Crippen LogP contribution in [0, 0.1) is 0 Å². The average Bonchev–Trinajstić information content (AvgIpc) is 2.71. The van der Waals surface area contributed by atoms with Crippen molar-refractivity contribution in [3.8, 4) is 11.5 Å². The standard InChI is InChI=1S/C22H24Br2N4O4/c1-13(2)31-19-7-5-17(23)9-15(19)11-25-27-21(29)22(30)28-26-12-16-10-18(24)6-8-20(16)32-14(3)4/h5-14H,1-4H3,(H,27,29)(H,28,30)/b25-11+,26-12+.